The van der Waals surface area contributed by atoms with Crippen LogP contribution in [0.2, 0.25) is 0 Å². The van der Waals surface area contributed by atoms with Gasteiger partial charge in [-0.3, -0.25) is 4.79 Å². The Morgan fingerprint density at radius 3 is 2.87 bits per heavy atom. The lowest BCUT2D eigenvalue weighted by Gasteiger charge is -2.19. The fourth-order valence-electron chi connectivity index (χ4n) is 2.82. The first-order valence-corrected chi connectivity index (χ1v) is 8.18. The van der Waals surface area contributed by atoms with E-state index < -0.39 is 0 Å². The van der Waals surface area contributed by atoms with E-state index in [9.17, 15) is 4.79 Å². The third kappa shape index (κ3) is 4.10. The van der Waals surface area contributed by atoms with E-state index in [1.165, 1.54) is 0 Å². The Morgan fingerprint density at radius 2 is 2.00 bits per heavy atom. The Morgan fingerprint density at radius 1 is 1.13 bits per heavy atom. The summed E-state index contributed by atoms with van der Waals surface area (Å²) in [7, 11) is 0. The molecule has 1 aromatic carbocycles. The average molecular weight is 313 g/mol. The van der Waals surface area contributed by atoms with Crippen LogP contribution in [0.3, 0.4) is 0 Å². The van der Waals surface area contributed by atoms with Gasteiger partial charge < -0.3 is 16.0 Å². The monoisotopic (exact) mass is 313 g/mol. The van der Waals surface area contributed by atoms with Crippen molar-refractivity contribution in [1.82, 2.24) is 15.5 Å². The first-order chi connectivity index (χ1) is 11.3. The smallest absolute Gasteiger partial charge is 0.269 e. The molecule has 2 aromatic rings. The third-order valence-corrected chi connectivity index (χ3v) is 4.01. The quantitative estimate of drug-likeness (QED) is 0.581. The number of fused-ring (bicyclic) bond motifs is 1. The molecule has 0 saturated heterocycles. The summed E-state index contributed by atoms with van der Waals surface area (Å²) in [6.45, 7) is 3.51. The molecule has 1 aromatic heterocycles. The van der Waals surface area contributed by atoms with Crippen molar-refractivity contribution in [2.45, 2.75) is 19.3 Å². The standard InChI is InChI=1S/C17H23N5O/c23-17-14-7-4-9-20-16(14)15(21-22-17)8-10-18-11-12-19-13-5-2-1-3-6-13/h1-3,5-6,18-20H,4,7-12H2,(H,22,23). The number of aromatic nitrogens is 2. The third-order valence-electron chi connectivity index (χ3n) is 4.01. The fraction of sp³-hybridized carbons (Fsp3) is 0.412. The number of nitrogens with one attached hydrogen (secondary N) is 4. The lowest BCUT2D eigenvalue weighted by molar-refractivity contribution is 0.679. The van der Waals surface area contributed by atoms with Gasteiger partial charge in [-0.1, -0.05) is 18.2 Å². The van der Waals surface area contributed by atoms with Crippen LogP contribution in [0.25, 0.3) is 0 Å². The highest BCUT2D eigenvalue weighted by Gasteiger charge is 2.16. The average Bonchev–Trinajstić information content (AvgIpc) is 2.61. The van der Waals surface area contributed by atoms with Crippen LogP contribution < -0.4 is 21.5 Å². The molecule has 6 nitrogen and oxygen atoms in total. The van der Waals surface area contributed by atoms with E-state index in [1.54, 1.807) is 0 Å². The zero-order valence-electron chi connectivity index (χ0n) is 13.2. The molecule has 0 spiro atoms. The van der Waals surface area contributed by atoms with E-state index in [0.29, 0.717) is 0 Å². The maximum Gasteiger partial charge on any atom is 0.269 e. The van der Waals surface area contributed by atoms with Crippen molar-refractivity contribution in [3.8, 4) is 0 Å². The summed E-state index contributed by atoms with van der Waals surface area (Å²) < 4.78 is 0. The molecule has 3 rings (SSSR count). The molecule has 4 N–H and O–H groups in total. The molecule has 0 bridgehead atoms. The zero-order chi connectivity index (χ0) is 15.9. The summed E-state index contributed by atoms with van der Waals surface area (Å²) in [4.78, 5) is 11.8. The number of hydrogen-bond donors (Lipinski definition) is 4. The fourth-order valence-corrected chi connectivity index (χ4v) is 2.82. The van der Waals surface area contributed by atoms with Crippen molar-refractivity contribution in [3.63, 3.8) is 0 Å². The number of anilines is 2. The molecule has 0 fully saturated rings. The number of hydrogen-bond acceptors (Lipinski definition) is 5. The molecule has 0 saturated carbocycles. The minimum absolute atomic E-state index is 0.0593. The molecule has 0 aliphatic carbocycles. The van der Waals surface area contributed by atoms with E-state index in [0.717, 1.165) is 68.1 Å². The highest BCUT2D eigenvalue weighted by molar-refractivity contribution is 5.55. The molecular formula is C17H23N5O. The molecule has 2 heterocycles. The van der Waals surface area contributed by atoms with E-state index in [-0.39, 0.29) is 5.56 Å². The van der Waals surface area contributed by atoms with Gasteiger partial charge in [0, 0.05) is 43.9 Å². The molecule has 1 aliphatic rings. The largest absolute Gasteiger partial charge is 0.384 e. The highest BCUT2D eigenvalue weighted by Crippen LogP contribution is 2.20. The van der Waals surface area contributed by atoms with Crippen LogP contribution in [0.15, 0.2) is 35.1 Å². The Hall–Kier alpha value is -2.34. The number of nitrogens with zero attached hydrogens (tertiary/aromatic N) is 1. The van der Waals surface area contributed by atoms with Crippen molar-refractivity contribution >= 4 is 11.4 Å². The van der Waals surface area contributed by atoms with Crippen molar-refractivity contribution in [2.24, 2.45) is 0 Å². The summed E-state index contributed by atoms with van der Waals surface area (Å²) in [5.41, 5.74) is 3.82. The van der Waals surface area contributed by atoms with Gasteiger partial charge in [-0.25, -0.2) is 5.10 Å². The first-order valence-electron chi connectivity index (χ1n) is 8.18. The van der Waals surface area contributed by atoms with Crippen LogP contribution in [0, 0.1) is 0 Å². The molecular weight excluding hydrogens is 290 g/mol. The SMILES string of the molecule is O=c1[nH]nc(CCNCCNc2ccccc2)c2c1CCCN2. The first kappa shape index (κ1) is 15.6. The van der Waals surface area contributed by atoms with Crippen LogP contribution in [0.4, 0.5) is 11.4 Å². The van der Waals surface area contributed by atoms with Crippen LogP contribution >= 0.6 is 0 Å². The lowest BCUT2D eigenvalue weighted by Crippen LogP contribution is -2.28. The normalized spacial score (nSPS) is 13.2. The Labute approximate surface area is 135 Å². The van der Waals surface area contributed by atoms with Crippen molar-refractivity contribution in [2.75, 3.05) is 36.8 Å². The number of H-pyrrole nitrogens is 1. The maximum absolute atomic E-state index is 11.8. The van der Waals surface area contributed by atoms with Gasteiger partial charge in [-0.05, 0) is 25.0 Å². The summed E-state index contributed by atoms with van der Waals surface area (Å²) in [6, 6.07) is 10.2. The molecule has 0 atom stereocenters. The second-order valence-electron chi connectivity index (χ2n) is 5.68. The minimum Gasteiger partial charge on any atom is -0.384 e. The minimum atomic E-state index is -0.0593. The lowest BCUT2D eigenvalue weighted by atomic mass is 10.0. The molecule has 6 heteroatoms. The number of benzene rings is 1. The Bertz CT molecular complexity index is 683. The van der Waals surface area contributed by atoms with E-state index in [4.69, 9.17) is 0 Å². The van der Waals surface area contributed by atoms with Crippen molar-refractivity contribution < 1.29 is 0 Å². The predicted octanol–water partition coefficient (Wildman–Crippen LogP) is 1.37. The number of aromatic amines is 1. The zero-order valence-corrected chi connectivity index (χ0v) is 13.2. The van der Waals surface area contributed by atoms with Gasteiger partial charge in [-0.15, -0.1) is 0 Å². The van der Waals surface area contributed by atoms with Gasteiger partial charge >= 0.3 is 0 Å². The second-order valence-corrected chi connectivity index (χ2v) is 5.68. The van der Waals surface area contributed by atoms with Crippen molar-refractivity contribution in [1.29, 1.82) is 0 Å². The molecule has 0 radical (unpaired) electrons. The van der Waals surface area contributed by atoms with Gasteiger partial charge in [0.05, 0.1) is 11.4 Å². The van der Waals surface area contributed by atoms with E-state index in [2.05, 4.69) is 38.3 Å². The highest BCUT2D eigenvalue weighted by atomic mass is 16.1. The molecule has 0 amide bonds. The van der Waals surface area contributed by atoms with Crippen LogP contribution in [0.1, 0.15) is 17.7 Å². The van der Waals surface area contributed by atoms with Crippen molar-refractivity contribution in [3.05, 3.63) is 51.9 Å². The van der Waals surface area contributed by atoms with Gasteiger partial charge in [0.1, 0.15) is 0 Å². The predicted molar refractivity (Wildman–Crippen MR) is 93.2 cm³/mol. The van der Waals surface area contributed by atoms with Crippen LogP contribution in [-0.2, 0) is 12.8 Å². The molecule has 122 valence electrons. The summed E-state index contributed by atoms with van der Waals surface area (Å²) in [5.74, 6) is 0. The second kappa shape index (κ2) is 7.78. The summed E-state index contributed by atoms with van der Waals surface area (Å²) in [5, 5.41) is 16.9. The van der Waals surface area contributed by atoms with E-state index in [1.807, 2.05) is 18.2 Å². The van der Waals surface area contributed by atoms with Gasteiger partial charge in [0.2, 0.25) is 0 Å². The van der Waals surface area contributed by atoms with Crippen LogP contribution in [0.5, 0.6) is 0 Å². The van der Waals surface area contributed by atoms with Gasteiger partial charge in [0.25, 0.3) is 5.56 Å². The Kier molecular flexibility index (Phi) is 5.26. The molecule has 23 heavy (non-hydrogen) atoms. The van der Waals surface area contributed by atoms with Gasteiger partial charge in [-0.2, -0.15) is 5.10 Å². The number of rotatable bonds is 7. The maximum atomic E-state index is 11.8. The topological polar surface area (TPSA) is 81.8 Å². The van der Waals surface area contributed by atoms with E-state index >= 15 is 0 Å². The molecule has 1 aliphatic heterocycles. The summed E-state index contributed by atoms with van der Waals surface area (Å²) >= 11 is 0. The van der Waals surface area contributed by atoms with Gasteiger partial charge in [0.15, 0.2) is 0 Å². The van der Waals surface area contributed by atoms with Crippen LogP contribution in [-0.4, -0.2) is 36.4 Å². The summed E-state index contributed by atoms with van der Waals surface area (Å²) in [6.07, 6.45) is 2.64. The molecule has 0 unspecified atom stereocenters. The Balaban J connectivity index is 1.43. The number of para-hydroxylation sites is 1.